The number of nitrogens with zero attached hydrogens (tertiary/aromatic N) is 3. The largest absolute Gasteiger partial charge is 0.467 e. The van der Waals surface area contributed by atoms with Crippen LogP contribution in [0.5, 0.6) is 5.88 Å². The van der Waals surface area contributed by atoms with Crippen LogP contribution in [-0.4, -0.2) is 27.3 Å². The van der Waals surface area contributed by atoms with E-state index < -0.39 is 0 Å². The predicted molar refractivity (Wildman–Crippen MR) is 123 cm³/mol. The monoisotopic (exact) mass is 452 g/mol. The minimum atomic E-state index is -0.366. The van der Waals surface area contributed by atoms with Crippen molar-refractivity contribution in [1.29, 1.82) is 0 Å². The molecule has 4 rings (SSSR count). The van der Waals surface area contributed by atoms with Crippen LogP contribution in [0.2, 0.25) is 5.02 Å². The Morgan fingerprint density at radius 3 is 2.66 bits per heavy atom. The van der Waals surface area contributed by atoms with E-state index in [1.54, 1.807) is 17.7 Å². The van der Waals surface area contributed by atoms with Gasteiger partial charge in [-0.1, -0.05) is 17.7 Å². The number of carbonyl (C=O) groups is 1. The van der Waals surface area contributed by atoms with E-state index in [-0.39, 0.29) is 18.3 Å². The molecule has 0 aliphatic rings. The summed E-state index contributed by atoms with van der Waals surface area (Å²) in [4.78, 5) is 17.0. The summed E-state index contributed by atoms with van der Waals surface area (Å²) in [6.07, 6.45) is 0. The molecule has 0 aliphatic carbocycles. The number of hydrogen-bond acceptors (Lipinski definition) is 4. The van der Waals surface area contributed by atoms with Crippen molar-refractivity contribution in [3.05, 3.63) is 75.7 Å². The van der Waals surface area contributed by atoms with Gasteiger partial charge in [0.05, 0.1) is 11.4 Å². The fourth-order valence-electron chi connectivity index (χ4n) is 3.63. The van der Waals surface area contributed by atoms with Crippen LogP contribution >= 0.6 is 11.6 Å². The van der Waals surface area contributed by atoms with Crippen LogP contribution < -0.4 is 10.1 Å². The summed E-state index contributed by atoms with van der Waals surface area (Å²) in [5.41, 5.74) is 5.26. The molecule has 0 fully saturated rings. The quantitative estimate of drug-likeness (QED) is 0.436. The van der Waals surface area contributed by atoms with E-state index in [0.717, 1.165) is 27.9 Å². The zero-order chi connectivity index (χ0) is 23.0. The molecule has 164 valence electrons. The smallest absolute Gasteiger partial charge is 0.262 e. The maximum atomic E-state index is 13.3. The molecule has 32 heavy (non-hydrogen) atoms. The van der Waals surface area contributed by atoms with Crippen molar-refractivity contribution in [2.24, 2.45) is 0 Å². The van der Waals surface area contributed by atoms with Crippen LogP contribution in [0.1, 0.15) is 22.4 Å². The molecule has 8 heteroatoms. The standard InChI is InChI=1S/C24H22ClFN4O2/c1-13-10-17(26)8-9-19(13)27-21(31)12-32-22-11-14(2)23-16(4)29-30(24(23)28-22)20-7-5-6-18(25)15(20)3/h5-11H,12H2,1-4H3,(H,27,31). The van der Waals surface area contributed by atoms with Crippen molar-refractivity contribution >= 4 is 34.2 Å². The highest BCUT2D eigenvalue weighted by atomic mass is 35.5. The van der Waals surface area contributed by atoms with Crippen molar-refractivity contribution in [2.45, 2.75) is 27.7 Å². The van der Waals surface area contributed by atoms with Gasteiger partial charge in [0, 0.05) is 22.2 Å². The number of pyridine rings is 1. The van der Waals surface area contributed by atoms with E-state index in [4.69, 9.17) is 16.3 Å². The Morgan fingerprint density at radius 1 is 1.12 bits per heavy atom. The molecular weight excluding hydrogens is 431 g/mol. The van der Waals surface area contributed by atoms with Crippen molar-refractivity contribution in [1.82, 2.24) is 14.8 Å². The minimum absolute atomic E-state index is 0.238. The number of halogens is 2. The van der Waals surface area contributed by atoms with E-state index in [0.29, 0.717) is 27.8 Å². The number of fused-ring (bicyclic) bond motifs is 1. The fraction of sp³-hybridized carbons (Fsp3) is 0.208. The molecule has 1 amide bonds. The fourth-order valence-corrected chi connectivity index (χ4v) is 3.80. The lowest BCUT2D eigenvalue weighted by atomic mass is 10.1. The molecule has 0 spiro atoms. The van der Waals surface area contributed by atoms with Gasteiger partial charge in [0.2, 0.25) is 5.88 Å². The van der Waals surface area contributed by atoms with Crippen LogP contribution in [0.3, 0.4) is 0 Å². The highest BCUT2D eigenvalue weighted by Crippen LogP contribution is 2.29. The molecule has 6 nitrogen and oxygen atoms in total. The summed E-state index contributed by atoms with van der Waals surface area (Å²) >= 11 is 6.30. The van der Waals surface area contributed by atoms with Gasteiger partial charge < -0.3 is 10.1 Å². The molecule has 2 heterocycles. The van der Waals surface area contributed by atoms with Crippen molar-refractivity contribution in [3.8, 4) is 11.6 Å². The number of amides is 1. The van der Waals surface area contributed by atoms with Gasteiger partial charge in [0.1, 0.15) is 5.82 Å². The van der Waals surface area contributed by atoms with E-state index in [2.05, 4.69) is 15.4 Å². The van der Waals surface area contributed by atoms with Gasteiger partial charge in [-0.15, -0.1) is 0 Å². The Morgan fingerprint density at radius 2 is 1.91 bits per heavy atom. The summed E-state index contributed by atoms with van der Waals surface area (Å²) in [5, 5.41) is 8.94. The maximum absolute atomic E-state index is 13.3. The van der Waals surface area contributed by atoms with Gasteiger partial charge in [-0.3, -0.25) is 4.79 Å². The van der Waals surface area contributed by atoms with Crippen LogP contribution in [0.15, 0.2) is 42.5 Å². The van der Waals surface area contributed by atoms with Gasteiger partial charge in [0.15, 0.2) is 12.3 Å². The molecule has 0 radical (unpaired) electrons. The highest BCUT2D eigenvalue weighted by molar-refractivity contribution is 6.31. The van der Waals surface area contributed by atoms with Crippen LogP contribution in [0.4, 0.5) is 10.1 Å². The number of anilines is 1. The molecule has 0 bridgehead atoms. The Balaban J connectivity index is 1.61. The summed E-state index contributed by atoms with van der Waals surface area (Å²) < 4.78 is 20.7. The lowest BCUT2D eigenvalue weighted by Gasteiger charge is -2.11. The Bertz CT molecular complexity index is 1350. The first-order chi connectivity index (χ1) is 15.2. The molecule has 2 aromatic carbocycles. The summed E-state index contributed by atoms with van der Waals surface area (Å²) in [6.45, 7) is 7.28. The first-order valence-corrected chi connectivity index (χ1v) is 10.4. The van der Waals surface area contributed by atoms with Crippen LogP contribution in [0, 0.1) is 33.5 Å². The van der Waals surface area contributed by atoms with Gasteiger partial charge in [-0.2, -0.15) is 10.1 Å². The average molecular weight is 453 g/mol. The number of benzene rings is 2. The van der Waals surface area contributed by atoms with E-state index >= 15 is 0 Å². The summed E-state index contributed by atoms with van der Waals surface area (Å²) in [5.74, 6) is -0.414. The molecule has 4 aromatic rings. The van der Waals surface area contributed by atoms with E-state index in [9.17, 15) is 9.18 Å². The molecule has 0 saturated carbocycles. The number of carbonyl (C=O) groups excluding carboxylic acids is 1. The average Bonchev–Trinajstić information content (AvgIpc) is 3.07. The summed E-state index contributed by atoms with van der Waals surface area (Å²) in [6, 6.07) is 11.6. The number of aryl methyl sites for hydroxylation is 3. The number of rotatable bonds is 5. The van der Waals surface area contributed by atoms with Crippen molar-refractivity contribution in [2.75, 3.05) is 11.9 Å². The van der Waals surface area contributed by atoms with Gasteiger partial charge in [-0.05, 0) is 74.7 Å². The first kappa shape index (κ1) is 21.8. The normalized spacial score (nSPS) is 11.1. The van der Waals surface area contributed by atoms with Gasteiger partial charge in [0.25, 0.3) is 5.91 Å². The molecule has 0 saturated heterocycles. The second kappa shape index (κ2) is 8.59. The SMILES string of the molecule is Cc1cc(F)ccc1NC(=O)COc1cc(C)c2c(C)nn(-c3cccc(Cl)c3C)c2n1. The minimum Gasteiger partial charge on any atom is -0.467 e. The molecule has 0 aliphatic heterocycles. The lowest BCUT2D eigenvalue weighted by Crippen LogP contribution is -2.21. The van der Waals surface area contributed by atoms with Gasteiger partial charge in [-0.25, -0.2) is 9.07 Å². The second-order valence-electron chi connectivity index (χ2n) is 7.65. The number of hydrogen-bond donors (Lipinski definition) is 1. The van der Waals surface area contributed by atoms with Crippen molar-refractivity contribution in [3.63, 3.8) is 0 Å². The number of aromatic nitrogens is 3. The first-order valence-electron chi connectivity index (χ1n) is 10.1. The number of ether oxygens (including phenoxy) is 1. The second-order valence-corrected chi connectivity index (χ2v) is 8.06. The molecule has 1 N–H and O–H groups in total. The van der Waals surface area contributed by atoms with E-state index in [1.165, 1.54) is 18.2 Å². The zero-order valence-electron chi connectivity index (χ0n) is 18.2. The maximum Gasteiger partial charge on any atom is 0.262 e. The number of nitrogens with one attached hydrogen (secondary N) is 1. The molecule has 0 unspecified atom stereocenters. The van der Waals surface area contributed by atoms with Crippen LogP contribution in [-0.2, 0) is 4.79 Å². The van der Waals surface area contributed by atoms with E-state index in [1.807, 2.05) is 39.0 Å². The zero-order valence-corrected chi connectivity index (χ0v) is 18.9. The molecule has 2 aromatic heterocycles. The van der Waals surface area contributed by atoms with Crippen molar-refractivity contribution < 1.29 is 13.9 Å². The molecular formula is C24H22ClFN4O2. The Kier molecular flexibility index (Phi) is 5.84. The molecule has 0 atom stereocenters. The Hall–Kier alpha value is -3.45. The van der Waals surface area contributed by atoms with Gasteiger partial charge >= 0.3 is 0 Å². The Labute approximate surface area is 190 Å². The topological polar surface area (TPSA) is 69.0 Å². The van der Waals surface area contributed by atoms with Crippen LogP contribution in [0.25, 0.3) is 16.7 Å². The third-order valence-electron chi connectivity index (χ3n) is 5.27. The predicted octanol–water partition coefficient (Wildman–Crippen LogP) is 5.46. The summed E-state index contributed by atoms with van der Waals surface area (Å²) in [7, 11) is 0. The third-order valence-corrected chi connectivity index (χ3v) is 5.68. The highest BCUT2D eigenvalue weighted by Gasteiger charge is 2.17. The third kappa shape index (κ3) is 4.16. The lowest BCUT2D eigenvalue weighted by molar-refractivity contribution is -0.118.